The maximum atomic E-state index is 14.4. The number of halogens is 6. The van der Waals surface area contributed by atoms with Gasteiger partial charge in [0.25, 0.3) is 0 Å². The first-order valence-corrected chi connectivity index (χ1v) is 8.16. The SMILES string of the molecule is CC1(CC(O)(c2cc(Cl)cc(Cl)c2)C(F)(F)F)CC(C(N)=O)=CC=C1F. The predicted octanol–water partition coefficient (Wildman–Crippen LogP) is 4.81. The number of carbonyl (C=O) groups excluding carboxylic acids is 1. The number of aliphatic hydroxyl groups is 1. The number of carbonyl (C=O) groups is 1. The van der Waals surface area contributed by atoms with Crippen molar-refractivity contribution in [3.63, 3.8) is 0 Å². The first-order chi connectivity index (χ1) is 11.8. The summed E-state index contributed by atoms with van der Waals surface area (Å²) in [5, 5.41) is 10.3. The molecule has 0 fully saturated rings. The lowest BCUT2D eigenvalue weighted by Crippen LogP contribution is -2.47. The van der Waals surface area contributed by atoms with Crippen molar-refractivity contribution in [1.82, 2.24) is 0 Å². The topological polar surface area (TPSA) is 63.3 Å². The van der Waals surface area contributed by atoms with Crippen LogP contribution in [0.1, 0.15) is 25.3 Å². The number of benzene rings is 1. The first kappa shape index (κ1) is 20.7. The van der Waals surface area contributed by atoms with E-state index in [2.05, 4.69) is 0 Å². The van der Waals surface area contributed by atoms with Crippen molar-refractivity contribution in [1.29, 1.82) is 0 Å². The van der Waals surface area contributed by atoms with Crippen molar-refractivity contribution in [3.05, 3.63) is 57.4 Å². The number of primary amides is 1. The van der Waals surface area contributed by atoms with E-state index in [9.17, 15) is 27.5 Å². The summed E-state index contributed by atoms with van der Waals surface area (Å²) >= 11 is 11.5. The number of hydrogen-bond acceptors (Lipinski definition) is 2. The van der Waals surface area contributed by atoms with Crippen LogP contribution in [0.25, 0.3) is 0 Å². The number of hydrogen-bond donors (Lipinski definition) is 2. The van der Waals surface area contributed by atoms with Crippen LogP contribution in [-0.2, 0) is 10.4 Å². The van der Waals surface area contributed by atoms with Gasteiger partial charge in [-0.3, -0.25) is 4.79 Å². The second-order valence-electron chi connectivity index (χ2n) is 6.50. The molecule has 9 heteroatoms. The second kappa shape index (κ2) is 6.87. The third-order valence-corrected chi connectivity index (χ3v) is 4.80. The quantitative estimate of drug-likeness (QED) is 0.698. The van der Waals surface area contributed by atoms with Crippen molar-refractivity contribution in [2.75, 3.05) is 0 Å². The summed E-state index contributed by atoms with van der Waals surface area (Å²) < 4.78 is 55.7. The molecule has 2 unspecified atom stereocenters. The van der Waals surface area contributed by atoms with Crippen LogP contribution >= 0.6 is 23.2 Å². The van der Waals surface area contributed by atoms with E-state index in [4.69, 9.17) is 28.9 Å². The Balaban J connectivity index is 2.54. The zero-order valence-corrected chi connectivity index (χ0v) is 15.0. The van der Waals surface area contributed by atoms with Gasteiger partial charge in [-0.15, -0.1) is 0 Å². The summed E-state index contributed by atoms with van der Waals surface area (Å²) in [4.78, 5) is 11.4. The van der Waals surface area contributed by atoms with E-state index in [0.717, 1.165) is 24.3 Å². The Kier molecular flexibility index (Phi) is 5.48. The van der Waals surface area contributed by atoms with Gasteiger partial charge in [0.15, 0.2) is 5.60 Å². The maximum absolute atomic E-state index is 14.4. The number of allylic oxidation sites excluding steroid dienone is 3. The highest BCUT2D eigenvalue weighted by Gasteiger charge is 2.58. The van der Waals surface area contributed by atoms with Gasteiger partial charge in [-0.1, -0.05) is 36.2 Å². The molecule has 0 spiro atoms. The molecule has 3 N–H and O–H groups in total. The third-order valence-electron chi connectivity index (χ3n) is 4.36. The fourth-order valence-corrected chi connectivity index (χ4v) is 3.50. The van der Waals surface area contributed by atoms with Crippen LogP contribution in [0.4, 0.5) is 17.6 Å². The van der Waals surface area contributed by atoms with Crippen LogP contribution in [0, 0.1) is 5.41 Å². The monoisotopic (exact) mass is 411 g/mol. The molecule has 26 heavy (non-hydrogen) atoms. The molecule has 0 aliphatic heterocycles. The molecule has 142 valence electrons. The molecule has 0 radical (unpaired) electrons. The zero-order valence-electron chi connectivity index (χ0n) is 13.5. The fraction of sp³-hybridized carbons (Fsp3) is 0.353. The van der Waals surface area contributed by atoms with Crippen LogP contribution in [0.3, 0.4) is 0 Å². The normalized spacial score (nSPS) is 23.1. The second-order valence-corrected chi connectivity index (χ2v) is 7.37. The molecule has 1 amide bonds. The highest BCUT2D eigenvalue weighted by atomic mass is 35.5. The van der Waals surface area contributed by atoms with Crippen molar-refractivity contribution in [2.24, 2.45) is 11.1 Å². The molecule has 0 aromatic heterocycles. The van der Waals surface area contributed by atoms with E-state index in [1.807, 2.05) is 0 Å². The number of alkyl halides is 3. The highest BCUT2D eigenvalue weighted by molar-refractivity contribution is 6.34. The summed E-state index contributed by atoms with van der Waals surface area (Å²) in [6.07, 6.45) is -4.64. The van der Waals surface area contributed by atoms with Crippen LogP contribution in [0.5, 0.6) is 0 Å². The minimum atomic E-state index is -5.15. The predicted molar refractivity (Wildman–Crippen MR) is 90.2 cm³/mol. The van der Waals surface area contributed by atoms with Crippen molar-refractivity contribution in [3.8, 4) is 0 Å². The van der Waals surface area contributed by atoms with Crippen molar-refractivity contribution in [2.45, 2.75) is 31.5 Å². The Morgan fingerprint density at radius 1 is 1.23 bits per heavy atom. The Hall–Kier alpha value is -1.57. The highest BCUT2D eigenvalue weighted by Crippen LogP contribution is 2.52. The Morgan fingerprint density at radius 2 is 1.77 bits per heavy atom. The van der Waals surface area contributed by atoms with E-state index in [0.29, 0.717) is 0 Å². The summed E-state index contributed by atoms with van der Waals surface area (Å²) in [7, 11) is 0. The average molecular weight is 412 g/mol. The molecule has 1 aromatic rings. The number of rotatable bonds is 4. The van der Waals surface area contributed by atoms with Gasteiger partial charge in [0.05, 0.1) is 0 Å². The maximum Gasteiger partial charge on any atom is 0.421 e. The minimum absolute atomic E-state index is 0.0393. The molecule has 0 heterocycles. The summed E-state index contributed by atoms with van der Waals surface area (Å²) in [5.41, 5.74) is -0.753. The molecule has 1 aliphatic carbocycles. The molecule has 0 saturated heterocycles. The molecule has 2 atom stereocenters. The largest absolute Gasteiger partial charge is 0.421 e. The van der Waals surface area contributed by atoms with Crippen LogP contribution < -0.4 is 5.73 Å². The third kappa shape index (κ3) is 3.89. The van der Waals surface area contributed by atoms with E-state index >= 15 is 0 Å². The number of nitrogens with two attached hydrogens (primary N) is 1. The van der Waals surface area contributed by atoms with E-state index in [1.165, 1.54) is 13.0 Å². The smallest absolute Gasteiger partial charge is 0.376 e. The lowest BCUT2D eigenvalue weighted by Gasteiger charge is -2.40. The van der Waals surface area contributed by atoms with Gasteiger partial charge < -0.3 is 10.8 Å². The van der Waals surface area contributed by atoms with E-state index in [1.54, 1.807) is 0 Å². The average Bonchev–Trinajstić information content (AvgIpc) is 2.47. The number of amides is 1. The van der Waals surface area contributed by atoms with E-state index < -0.39 is 47.3 Å². The molecule has 2 rings (SSSR count). The fourth-order valence-electron chi connectivity index (χ4n) is 2.98. The summed E-state index contributed by atoms with van der Waals surface area (Å²) in [5.74, 6) is -1.78. The van der Waals surface area contributed by atoms with Gasteiger partial charge in [0.2, 0.25) is 5.91 Å². The lowest BCUT2D eigenvalue weighted by atomic mass is 9.69. The van der Waals surface area contributed by atoms with Crippen molar-refractivity contribution >= 4 is 29.1 Å². The summed E-state index contributed by atoms with van der Waals surface area (Å²) in [6.45, 7) is 1.18. The summed E-state index contributed by atoms with van der Waals surface area (Å²) in [6, 6.07) is 3.04. The minimum Gasteiger partial charge on any atom is -0.376 e. The molecular formula is C17H15Cl2F4NO2. The Labute approximate surface area is 157 Å². The zero-order chi connectivity index (χ0) is 19.9. The van der Waals surface area contributed by atoms with Crippen molar-refractivity contribution < 1.29 is 27.5 Å². The Morgan fingerprint density at radius 3 is 2.23 bits per heavy atom. The standard InChI is InChI=1S/C17H15Cl2F4NO2/c1-15(7-9(14(24)25)2-3-13(15)20)8-16(26,17(21,22)23)10-4-11(18)6-12(19)5-10/h2-6,26H,7-8H2,1H3,(H2,24,25). The van der Waals surface area contributed by atoms with Gasteiger partial charge in [-0.2, -0.15) is 13.2 Å². The van der Waals surface area contributed by atoms with Crippen LogP contribution in [0.2, 0.25) is 10.0 Å². The molecule has 3 nitrogen and oxygen atoms in total. The van der Waals surface area contributed by atoms with Gasteiger partial charge >= 0.3 is 6.18 Å². The Bertz CT molecular complexity index is 786. The molecular weight excluding hydrogens is 397 g/mol. The molecule has 0 saturated carbocycles. The van der Waals surface area contributed by atoms with Gasteiger partial charge in [0.1, 0.15) is 5.83 Å². The van der Waals surface area contributed by atoms with Gasteiger partial charge in [0, 0.05) is 27.5 Å². The molecule has 1 aromatic carbocycles. The molecule has 1 aliphatic rings. The van der Waals surface area contributed by atoms with Crippen LogP contribution in [-0.4, -0.2) is 17.2 Å². The first-order valence-electron chi connectivity index (χ1n) is 7.41. The lowest BCUT2D eigenvalue weighted by molar-refractivity contribution is -0.276. The van der Waals surface area contributed by atoms with E-state index in [-0.39, 0.29) is 15.6 Å². The van der Waals surface area contributed by atoms with Crippen LogP contribution in [0.15, 0.2) is 41.8 Å². The van der Waals surface area contributed by atoms with Gasteiger partial charge in [-0.05, 0) is 36.3 Å². The molecule has 0 bridgehead atoms. The van der Waals surface area contributed by atoms with Gasteiger partial charge in [-0.25, -0.2) is 4.39 Å².